The van der Waals surface area contributed by atoms with Crippen LogP contribution in [-0.2, 0) is 16.8 Å². The van der Waals surface area contributed by atoms with Crippen molar-refractivity contribution in [1.82, 2.24) is 4.98 Å². The van der Waals surface area contributed by atoms with Gasteiger partial charge in [0.1, 0.15) is 0 Å². The van der Waals surface area contributed by atoms with Crippen molar-refractivity contribution in [2.75, 3.05) is 5.32 Å². The SMILES string of the molecule is CC1(C(=O)Nc2nc(Cc3ccc(Br)cc3)cs2)CC2([N+](=O)[O-])c3ccccc3C1c1ccccc12. The second-order valence-corrected chi connectivity index (χ2v) is 11.5. The average molecular weight is 560 g/mol. The number of nitro groups is 1. The van der Waals surface area contributed by atoms with Gasteiger partial charge in [-0.3, -0.25) is 14.9 Å². The smallest absolute Gasteiger partial charge is 0.273 e. The molecule has 3 aliphatic rings. The zero-order chi connectivity index (χ0) is 25.1. The summed E-state index contributed by atoms with van der Waals surface area (Å²) in [5.74, 6) is -0.527. The number of nitrogens with zero attached hydrogens (tertiary/aromatic N) is 2. The summed E-state index contributed by atoms with van der Waals surface area (Å²) in [6.07, 6.45) is 0.749. The van der Waals surface area contributed by atoms with Crippen molar-refractivity contribution in [2.24, 2.45) is 5.41 Å². The van der Waals surface area contributed by atoms with Crippen molar-refractivity contribution in [3.63, 3.8) is 0 Å². The van der Waals surface area contributed by atoms with Gasteiger partial charge in [0.2, 0.25) is 5.91 Å². The van der Waals surface area contributed by atoms with Gasteiger partial charge in [0.25, 0.3) is 5.54 Å². The van der Waals surface area contributed by atoms with Crippen molar-refractivity contribution in [1.29, 1.82) is 0 Å². The van der Waals surface area contributed by atoms with E-state index in [2.05, 4.69) is 26.2 Å². The minimum atomic E-state index is -1.47. The number of hydrogen-bond acceptors (Lipinski definition) is 5. The Morgan fingerprint density at radius 2 is 1.69 bits per heavy atom. The quantitative estimate of drug-likeness (QED) is 0.223. The lowest BCUT2D eigenvalue weighted by Crippen LogP contribution is -2.57. The molecule has 3 aliphatic carbocycles. The number of rotatable bonds is 5. The number of fused-ring (bicyclic) bond motifs is 1. The van der Waals surface area contributed by atoms with Gasteiger partial charge in [0, 0.05) is 44.7 Å². The summed E-state index contributed by atoms with van der Waals surface area (Å²) in [7, 11) is 0. The van der Waals surface area contributed by atoms with Crippen LogP contribution in [0.4, 0.5) is 5.13 Å². The molecule has 1 N–H and O–H groups in total. The van der Waals surface area contributed by atoms with Crippen LogP contribution in [0.1, 0.15) is 52.8 Å². The van der Waals surface area contributed by atoms with Gasteiger partial charge in [-0.2, -0.15) is 0 Å². The number of benzene rings is 3. The van der Waals surface area contributed by atoms with E-state index in [0.717, 1.165) is 26.9 Å². The Morgan fingerprint density at radius 1 is 1.08 bits per heavy atom. The number of thiazole rings is 1. The fourth-order valence-corrected chi connectivity index (χ4v) is 7.01. The van der Waals surface area contributed by atoms with Crippen LogP contribution in [0.25, 0.3) is 0 Å². The fraction of sp³-hybridized carbons (Fsp3) is 0.214. The molecule has 6 nitrogen and oxygen atoms in total. The van der Waals surface area contributed by atoms with Crippen LogP contribution < -0.4 is 5.32 Å². The number of anilines is 1. The predicted octanol–water partition coefficient (Wildman–Crippen LogP) is 6.51. The van der Waals surface area contributed by atoms with Gasteiger partial charge in [-0.15, -0.1) is 11.3 Å². The monoisotopic (exact) mass is 559 g/mol. The van der Waals surface area contributed by atoms with Crippen LogP contribution in [0.2, 0.25) is 0 Å². The van der Waals surface area contributed by atoms with Crippen molar-refractivity contribution < 1.29 is 9.72 Å². The minimum Gasteiger partial charge on any atom is -0.301 e. The molecule has 3 aromatic carbocycles. The van der Waals surface area contributed by atoms with Crippen molar-refractivity contribution in [3.05, 3.63) is 126 Å². The summed E-state index contributed by atoms with van der Waals surface area (Å²) in [5.41, 5.74) is 2.59. The molecule has 1 aromatic heterocycles. The molecule has 4 aromatic rings. The third-order valence-electron chi connectivity index (χ3n) is 7.60. The maximum absolute atomic E-state index is 13.9. The van der Waals surface area contributed by atoms with Gasteiger partial charge >= 0.3 is 0 Å². The van der Waals surface area contributed by atoms with E-state index in [1.54, 1.807) is 0 Å². The first kappa shape index (κ1) is 23.1. The highest BCUT2D eigenvalue weighted by atomic mass is 79.9. The van der Waals surface area contributed by atoms with Crippen molar-refractivity contribution in [3.8, 4) is 0 Å². The topological polar surface area (TPSA) is 85.1 Å². The highest BCUT2D eigenvalue weighted by Crippen LogP contribution is 2.64. The van der Waals surface area contributed by atoms with E-state index in [4.69, 9.17) is 0 Å². The standard InChI is InChI=1S/C28H22BrN3O3S/c1-27(25(33)31-26-30-19(15-36-26)14-17-10-12-18(29)13-11-17)16-28(32(34)35)22-8-4-2-6-20(22)24(27)21-7-3-5-9-23(21)28/h2-13,15,24H,14,16H2,1H3,(H,30,31,33). The molecular formula is C28H22BrN3O3S. The van der Waals surface area contributed by atoms with Gasteiger partial charge in [-0.25, -0.2) is 4.98 Å². The number of halogens is 1. The van der Waals surface area contributed by atoms with E-state index in [9.17, 15) is 14.9 Å². The van der Waals surface area contributed by atoms with Gasteiger partial charge in [0.05, 0.1) is 11.1 Å². The highest BCUT2D eigenvalue weighted by molar-refractivity contribution is 9.10. The maximum atomic E-state index is 13.9. The number of carbonyl (C=O) groups excluding carboxylic acids is 1. The molecule has 0 radical (unpaired) electrons. The summed E-state index contributed by atoms with van der Waals surface area (Å²) in [6.45, 7) is 1.85. The Bertz CT molecular complexity index is 1470. The molecule has 7 rings (SSSR count). The summed E-state index contributed by atoms with van der Waals surface area (Å²) >= 11 is 4.82. The largest absolute Gasteiger partial charge is 0.301 e. The zero-order valence-electron chi connectivity index (χ0n) is 19.4. The molecule has 0 aliphatic heterocycles. The molecule has 1 unspecified atom stereocenters. The lowest BCUT2D eigenvalue weighted by molar-refractivity contribution is -0.573. The summed E-state index contributed by atoms with van der Waals surface area (Å²) in [6, 6.07) is 23.1. The number of hydrogen-bond donors (Lipinski definition) is 1. The van der Waals surface area contributed by atoms with E-state index in [1.165, 1.54) is 11.3 Å². The maximum Gasteiger partial charge on any atom is 0.273 e. The second-order valence-electron chi connectivity index (χ2n) is 9.72. The molecule has 8 heteroatoms. The lowest BCUT2D eigenvalue weighted by Gasteiger charge is -2.52. The molecule has 0 fully saturated rings. The molecule has 36 heavy (non-hydrogen) atoms. The van der Waals surface area contributed by atoms with E-state index < -0.39 is 11.0 Å². The lowest BCUT2D eigenvalue weighted by atomic mass is 9.49. The molecule has 1 amide bonds. The van der Waals surface area contributed by atoms with Crippen LogP contribution >= 0.6 is 27.3 Å². The second kappa shape index (κ2) is 8.35. The van der Waals surface area contributed by atoms with Gasteiger partial charge in [0.15, 0.2) is 5.13 Å². The number of aromatic nitrogens is 1. The Balaban J connectivity index is 1.36. The van der Waals surface area contributed by atoms with Crippen LogP contribution in [0.5, 0.6) is 0 Å². The summed E-state index contributed by atoms with van der Waals surface area (Å²) in [5, 5.41) is 18.2. The van der Waals surface area contributed by atoms with Crippen LogP contribution in [-0.4, -0.2) is 15.8 Å². The summed E-state index contributed by atoms with van der Waals surface area (Å²) < 4.78 is 1.02. The van der Waals surface area contributed by atoms with E-state index in [-0.39, 0.29) is 23.2 Å². The predicted molar refractivity (Wildman–Crippen MR) is 143 cm³/mol. The molecule has 1 atom stereocenters. The molecule has 2 bridgehead atoms. The molecule has 180 valence electrons. The van der Waals surface area contributed by atoms with Gasteiger partial charge in [-0.05, 0) is 35.7 Å². The minimum absolute atomic E-state index is 0.0919. The van der Waals surface area contributed by atoms with E-state index in [0.29, 0.717) is 22.7 Å². The van der Waals surface area contributed by atoms with Crippen LogP contribution in [0, 0.1) is 15.5 Å². The van der Waals surface area contributed by atoms with Gasteiger partial charge < -0.3 is 5.32 Å². The van der Waals surface area contributed by atoms with Crippen LogP contribution in [0.3, 0.4) is 0 Å². The Hall–Kier alpha value is -3.36. The van der Waals surface area contributed by atoms with E-state index >= 15 is 0 Å². The average Bonchev–Trinajstić information content (AvgIpc) is 3.32. The number of amides is 1. The first-order chi connectivity index (χ1) is 17.3. The Kier molecular flexibility index (Phi) is 5.35. The number of carbonyl (C=O) groups is 1. The van der Waals surface area contributed by atoms with E-state index in [1.807, 2.05) is 85.1 Å². The third kappa shape index (κ3) is 3.35. The fourth-order valence-electron chi connectivity index (χ4n) is 6.04. The number of nitrogens with one attached hydrogen (secondary N) is 1. The van der Waals surface area contributed by atoms with Crippen LogP contribution in [0.15, 0.2) is 82.6 Å². The Labute approximate surface area is 220 Å². The first-order valence-corrected chi connectivity index (χ1v) is 13.3. The van der Waals surface area contributed by atoms with Crippen molar-refractivity contribution >= 4 is 38.3 Å². The molecule has 0 spiro atoms. The normalized spacial score (nSPS) is 23.6. The molecule has 0 saturated heterocycles. The highest BCUT2D eigenvalue weighted by Gasteiger charge is 2.67. The molecule has 0 saturated carbocycles. The third-order valence-corrected chi connectivity index (χ3v) is 8.93. The summed E-state index contributed by atoms with van der Waals surface area (Å²) in [4.78, 5) is 31.1. The Morgan fingerprint density at radius 3 is 2.31 bits per heavy atom. The van der Waals surface area contributed by atoms with Crippen molar-refractivity contribution in [2.45, 2.75) is 31.2 Å². The zero-order valence-corrected chi connectivity index (χ0v) is 21.8. The first-order valence-electron chi connectivity index (χ1n) is 11.7. The molecular weight excluding hydrogens is 538 g/mol. The van der Waals surface area contributed by atoms with Gasteiger partial charge in [-0.1, -0.05) is 76.6 Å². The molecule has 1 heterocycles.